The van der Waals surface area contributed by atoms with Crippen molar-refractivity contribution < 1.29 is 0 Å². The molecule has 0 radical (unpaired) electrons. The largest absolute Gasteiger partial charge is 0.309 e. The summed E-state index contributed by atoms with van der Waals surface area (Å²) < 4.78 is 1.85. The van der Waals surface area contributed by atoms with Crippen molar-refractivity contribution in [2.75, 3.05) is 6.54 Å². The molecule has 0 amide bonds. The molecule has 1 heterocycles. The van der Waals surface area contributed by atoms with Gasteiger partial charge in [0.1, 0.15) is 12.7 Å². The minimum atomic E-state index is 0.285. The van der Waals surface area contributed by atoms with E-state index in [0.29, 0.717) is 0 Å². The minimum absolute atomic E-state index is 0.285. The zero-order valence-electron chi connectivity index (χ0n) is 9.37. The fourth-order valence-electron chi connectivity index (χ4n) is 1.73. The predicted molar refractivity (Wildman–Crippen MR) is 62.9 cm³/mol. The van der Waals surface area contributed by atoms with Gasteiger partial charge in [0.25, 0.3) is 0 Å². The number of aromatic nitrogens is 3. The van der Waals surface area contributed by atoms with Crippen molar-refractivity contribution in [3.63, 3.8) is 0 Å². The molecule has 16 heavy (non-hydrogen) atoms. The van der Waals surface area contributed by atoms with Crippen molar-refractivity contribution >= 4 is 0 Å². The van der Waals surface area contributed by atoms with Crippen molar-refractivity contribution in [3.05, 3.63) is 48.5 Å². The number of nitrogens with one attached hydrogen (secondary N) is 1. The normalized spacial score (nSPS) is 12.6. The summed E-state index contributed by atoms with van der Waals surface area (Å²) in [5.74, 6) is 0. The summed E-state index contributed by atoms with van der Waals surface area (Å²) in [6, 6.07) is 10.7. The summed E-state index contributed by atoms with van der Waals surface area (Å²) in [5.41, 5.74) is 1.28. The fourth-order valence-corrected chi connectivity index (χ4v) is 1.73. The van der Waals surface area contributed by atoms with Gasteiger partial charge in [0.15, 0.2) is 0 Å². The zero-order valence-corrected chi connectivity index (χ0v) is 9.37. The maximum atomic E-state index is 4.13. The summed E-state index contributed by atoms with van der Waals surface area (Å²) in [7, 11) is 0. The predicted octanol–water partition coefficient (Wildman–Crippen LogP) is 1.63. The Labute approximate surface area is 95.3 Å². The maximum absolute atomic E-state index is 4.13. The molecule has 0 aliphatic rings. The Morgan fingerprint density at radius 2 is 2.12 bits per heavy atom. The number of hydrogen-bond acceptors (Lipinski definition) is 3. The van der Waals surface area contributed by atoms with Gasteiger partial charge in [-0.15, -0.1) is 0 Å². The third kappa shape index (κ3) is 2.67. The monoisotopic (exact) mass is 216 g/mol. The molecular formula is C12H16N4. The lowest BCUT2D eigenvalue weighted by atomic mass is 10.1. The molecule has 4 nitrogen and oxygen atoms in total. The molecule has 0 bridgehead atoms. The van der Waals surface area contributed by atoms with Gasteiger partial charge in [-0.1, -0.05) is 37.3 Å². The smallest absolute Gasteiger partial charge is 0.137 e. The first-order chi connectivity index (χ1) is 7.90. The number of benzene rings is 1. The molecule has 0 spiro atoms. The lowest BCUT2D eigenvalue weighted by molar-refractivity contribution is 0.447. The fraction of sp³-hybridized carbons (Fsp3) is 0.333. The molecule has 1 atom stereocenters. The second-order valence-electron chi connectivity index (χ2n) is 3.64. The van der Waals surface area contributed by atoms with E-state index in [1.54, 1.807) is 12.7 Å². The van der Waals surface area contributed by atoms with Gasteiger partial charge in [-0.05, 0) is 12.1 Å². The topological polar surface area (TPSA) is 42.7 Å². The van der Waals surface area contributed by atoms with Crippen LogP contribution in [-0.2, 0) is 6.54 Å². The SMILES string of the molecule is CCNC(Cn1cncn1)c1ccccc1. The van der Waals surface area contributed by atoms with Crippen molar-refractivity contribution in [2.45, 2.75) is 19.5 Å². The average molecular weight is 216 g/mol. The van der Waals surface area contributed by atoms with E-state index in [4.69, 9.17) is 0 Å². The quantitative estimate of drug-likeness (QED) is 0.826. The van der Waals surface area contributed by atoms with Gasteiger partial charge in [-0.3, -0.25) is 4.68 Å². The highest BCUT2D eigenvalue weighted by atomic mass is 15.3. The summed E-state index contributed by atoms with van der Waals surface area (Å²) in [6.07, 6.45) is 3.31. The third-order valence-electron chi connectivity index (χ3n) is 2.49. The van der Waals surface area contributed by atoms with Crippen LogP contribution in [0.25, 0.3) is 0 Å². The van der Waals surface area contributed by atoms with Gasteiger partial charge in [0, 0.05) is 0 Å². The molecule has 1 unspecified atom stereocenters. The number of nitrogens with zero attached hydrogens (tertiary/aromatic N) is 3. The van der Waals surface area contributed by atoms with E-state index in [9.17, 15) is 0 Å². The van der Waals surface area contributed by atoms with Crippen LogP contribution in [0.3, 0.4) is 0 Å². The van der Waals surface area contributed by atoms with E-state index < -0.39 is 0 Å². The lowest BCUT2D eigenvalue weighted by Crippen LogP contribution is -2.25. The van der Waals surface area contributed by atoms with Gasteiger partial charge in [0.05, 0.1) is 12.6 Å². The molecule has 2 rings (SSSR count). The van der Waals surface area contributed by atoms with Crippen LogP contribution in [0.4, 0.5) is 0 Å². The van der Waals surface area contributed by atoms with Crippen molar-refractivity contribution in [2.24, 2.45) is 0 Å². The van der Waals surface area contributed by atoms with Crippen LogP contribution in [-0.4, -0.2) is 21.3 Å². The maximum Gasteiger partial charge on any atom is 0.137 e. The molecule has 84 valence electrons. The summed E-state index contributed by atoms with van der Waals surface area (Å²) >= 11 is 0. The van der Waals surface area contributed by atoms with Crippen LogP contribution >= 0.6 is 0 Å². The number of hydrogen-bond donors (Lipinski definition) is 1. The van der Waals surface area contributed by atoms with Gasteiger partial charge >= 0.3 is 0 Å². The highest BCUT2D eigenvalue weighted by molar-refractivity contribution is 5.18. The van der Waals surface area contributed by atoms with Crippen LogP contribution in [0.5, 0.6) is 0 Å². The molecule has 4 heteroatoms. The first-order valence-corrected chi connectivity index (χ1v) is 5.51. The first-order valence-electron chi connectivity index (χ1n) is 5.51. The Morgan fingerprint density at radius 3 is 2.75 bits per heavy atom. The van der Waals surface area contributed by atoms with Gasteiger partial charge in [-0.25, -0.2) is 4.98 Å². The molecule has 0 saturated heterocycles. The van der Waals surface area contributed by atoms with E-state index in [1.807, 2.05) is 10.7 Å². The second-order valence-corrected chi connectivity index (χ2v) is 3.64. The molecule has 2 aromatic rings. The molecule has 0 fully saturated rings. The Morgan fingerprint density at radius 1 is 1.31 bits per heavy atom. The second kappa shape index (κ2) is 5.42. The Balaban J connectivity index is 2.11. The van der Waals surface area contributed by atoms with Gasteiger partial charge in [-0.2, -0.15) is 5.10 Å². The van der Waals surface area contributed by atoms with E-state index in [-0.39, 0.29) is 6.04 Å². The van der Waals surface area contributed by atoms with Crippen LogP contribution in [0, 0.1) is 0 Å². The number of rotatable bonds is 5. The highest BCUT2D eigenvalue weighted by Gasteiger charge is 2.10. The Hall–Kier alpha value is -1.68. The number of likely N-dealkylation sites (N-methyl/N-ethyl adjacent to an activating group) is 1. The minimum Gasteiger partial charge on any atom is -0.309 e. The van der Waals surface area contributed by atoms with E-state index >= 15 is 0 Å². The highest BCUT2D eigenvalue weighted by Crippen LogP contribution is 2.13. The molecular weight excluding hydrogens is 200 g/mol. The van der Waals surface area contributed by atoms with Gasteiger partial charge in [0.2, 0.25) is 0 Å². The van der Waals surface area contributed by atoms with E-state index in [1.165, 1.54) is 5.56 Å². The van der Waals surface area contributed by atoms with E-state index in [0.717, 1.165) is 13.1 Å². The molecule has 0 aliphatic heterocycles. The Kier molecular flexibility index (Phi) is 3.66. The van der Waals surface area contributed by atoms with Gasteiger partial charge < -0.3 is 5.32 Å². The summed E-state index contributed by atoms with van der Waals surface area (Å²) in [6.45, 7) is 3.85. The standard InChI is InChI=1S/C12H16N4/c1-2-14-12(8-16-10-13-9-15-16)11-6-4-3-5-7-11/h3-7,9-10,12,14H,2,8H2,1H3. The zero-order chi connectivity index (χ0) is 11.2. The molecule has 1 aromatic carbocycles. The van der Waals surface area contributed by atoms with Crippen molar-refractivity contribution in [3.8, 4) is 0 Å². The van der Waals surface area contributed by atoms with Crippen LogP contribution in [0.15, 0.2) is 43.0 Å². The van der Waals surface area contributed by atoms with Crippen molar-refractivity contribution in [1.82, 2.24) is 20.1 Å². The average Bonchev–Trinajstić information content (AvgIpc) is 2.83. The summed E-state index contributed by atoms with van der Waals surface area (Å²) in [4.78, 5) is 3.95. The van der Waals surface area contributed by atoms with Crippen LogP contribution in [0.1, 0.15) is 18.5 Å². The molecule has 1 N–H and O–H groups in total. The van der Waals surface area contributed by atoms with Crippen molar-refractivity contribution in [1.29, 1.82) is 0 Å². The molecule has 0 aliphatic carbocycles. The van der Waals surface area contributed by atoms with E-state index in [2.05, 4.69) is 46.6 Å². The first kappa shape index (κ1) is 10.8. The van der Waals surface area contributed by atoms with Crippen LogP contribution < -0.4 is 5.32 Å². The summed E-state index contributed by atoms with van der Waals surface area (Å²) in [5, 5.41) is 7.58. The lowest BCUT2D eigenvalue weighted by Gasteiger charge is -2.17. The molecule has 0 saturated carbocycles. The van der Waals surface area contributed by atoms with Crippen LogP contribution in [0.2, 0.25) is 0 Å². The molecule has 1 aromatic heterocycles. The third-order valence-corrected chi connectivity index (χ3v) is 2.49. The Bertz CT molecular complexity index is 396.